The van der Waals surface area contributed by atoms with E-state index >= 15 is 0 Å². The van der Waals surface area contributed by atoms with E-state index in [1.807, 2.05) is 12.3 Å². The smallest absolute Gasteiger partial charge is 0.101 e. The van der Waals surface area contributed by atoms with E-state index in [1.54, 1.807) is 6.20 Å². The van der Waals surface area contributed by atoms with Crippen LogP contribution in [0.2, 0.25) is 0 Å². The van der Waals surface area contributed by atoms with Crippen molar-refractivity contribution in [3.8, 4) is 17.2 Å². The summed E-state index contributed by atoms with van der Waals surface area (Å²) in [7, 11) is 0. The number of hydrogen-bond acceptors (Lipinski definition) is 4. The molecule has 2 saturated heterocycles. The number of nitrogens with zero attached hydrogens (tertiary/aromatic N) is 4. The maximum atomic E-state index is 9.41. The van der Waals surface area contributed by atoms with Crippen molar-refractivity contribution in [3.05, 3.63) is 123 Å². The fourth-order valence-corrected chi connectivity index (χ4v) is 8.74. The Kier molecular flexibility index (Phi) is 13.1. The Morgan fingerprint density at radius 1 is 0.686 bits per heavy atom. The minimum atomic E-state index is 0.642. The molecule has 1 unspecified atom stereocenters. The van der Waals surface area contributed by atoms with Gasteiger partial charge in [0.2, 0.25) is 0 Å². The first-order chi connectivity index (χ1) is 24.9. The zero-order valence-electron chi connectivity index (χ0n) is 31.9. The van der Waals surface area contributed by atoms with E-state index in [1.165, 1.54) is 133 Å². The SMILES string of the molecule is Cc1cc(CN2CCCCC2)c(CCc2cncc(C#N)c2)cc1CCc1cccc(-c2cccc(CCCCN3CCCC(C)C3)c2C)c1C. The lowest BCUT2D eigenvalue weighted by atomic mass is 9.88. The molecule has 1 aromatic heterocycles. The second-order valence-electron chi connectivity index (χ2n) is 15.8. The van der Waals surface area contributed by atoms with Gasteiger partial charge in [-0.25, -0.2) is 0 Å². The van der Waals surface area contributed by atoms with Crippen LogP contribution in [0.3, 0.4) is 0 Å². The van der Waals surface area contributed by atoms with Crippen molar-refractivity contribution in [1.29, 1.82) is 5.26 Å². The molecular weight excluding hydrogens is 621 g/mol. The van der Waals surface area contributed by atoms with Crippen molar-refractivity contribution >= 4 is 0 Å². The molecule has 1 atom stereocenters. The van der Waals surface area contributed by atoms with Crippen molar-refractivity contribution in [1.82, 2.24) is 14.8 Å². The molecule has 51 heavy (non-hydrogen) atoms. The van der Waals surface area contributed by atoms with Gasteiger partial charge in [-0.3, -0.25) is 9.88 Å². The molecule has 6 rings (SSSR count). The van der Waals surface area contributed by atoms with Crippen LogP contribution in [0, 0.1) is 38.0 Å². The predicted molar refractivity (Wildman–Crippen MR) is 213 cm³/mol. The van der Waals surface area contributed by atoms with Crippen LogP contribution in [-0.4, -0.2) is 47.5 Å². The second-order valence-corrected chi connectivity index (χ2v) is 15.8. The number of rotatable bonds is 14. The van der Waals surface area contributed by atoms with Crippen LogP contribution in [0.15, 0.2) is 67.0 Å². The van der Waals surface area contributed by atoms with Crippen molar-refractivity contribution in [3.63, 3.8) is 0 Å². The number of pyridine rings is 1. The molecule has 4 heteroatoms. The average molecular weight is 681 g/mol. The summed E-state index contributed by atoms with van der Waals surface area (Å²) < 4.78 is 0. The molecule has 0 N–H and O–H groups in total. The number of benzene rings is 3. The molecule has 0 bridgehead atoms. The number of hydrogen-bond donors (Lipinski definition) is 0. The summed E-state index contributed by atoms with van der Waals surface area (Å²) in [5.74, 6) is 0.858. The van der Waals surface area contributed by atoms with Gasteiger partial charge in [0, 0.05) is 25.5 Å². The molecule has 0 radical (unpaired) electrons. The minimum Gasteiger partial charge on any atom is -0.303 e. The molecule has 2 aliphatic rings. The van der Waals surface area contributed by atoms with Gasteiger partial charge in [0.25, 0.3) is 0 Å². The summed E-state index contributed by atoms with van der Waals surface area (Å²) in [5, 5.41) is 9.41. The number of unbranched alkanes of at least 4 members (excludes halogenated alkanes) is 1. The predicted octanol–water partition coefficient (Wildman–Crippen LogP) is 10.2. The summed E-state index contributed by atoms with van der Waals surface area (Å²) in [5.41, 5.74) is 16.2. The van der Waals surface area contributed by atoms with Crippen LogP contribution >= 0.6 is 0 Å². The van der Waals surface area contributed by atoms with E-state index in [4.69, 9.17) is 0 Å². The number of piperidine rings is 2. The fourth-order valence-electron chi connectivity index (χ4n) is 8.74. The zero-order chi connectivity index (χ0) is 35.6. The highest BCUT2D eigenvalue weighted by Crippen LogP contribution is 2.32. The lowest BCUT2D eigenvalue weighted by molar-refractivity contribution is 0.181. The van der Waals surface area contributed by atoms with Crippen LogP contribution in [-0.2, 0) is 38.6 Å². The van der Waals surface area contributed by atoms with E-state index < -0.39 is 0 Å². The van der Waals surface area contributed by atoms with E-state index in [0.717, 1.165) is 50.1 Å². The van der Waals surface area contributed by atoms with Crippen molar-refractivity contribution in [2.24, 2.45) is 5.92 Å². The Balaban J connectivity index is 1.15. The molecule has 0 spiro atoms. The first-order valence-electron chi connectivity index (χ1n) is 19.9. The van der Waals surface area contributed by atoms with Crippen molar-refractivity contribution < 1.29 is 0 Å². The molecule has 268 valence electrons. The monoisotopic (exact) mass is 680 g/mol. The standard InChI is InChI=1S/C47H60N4/c1-35-13-12-26-50(33-35)25-9-6-14-41-15-10-17-46(37(41)3)47-18-11-16-42(38(47)4)21-22-43-29-44(20-19-39-28-40(30-48)32-49-31-39)45(27-36(43)2)34-51-23-7-5-8-24-51/h10-11,15-18,27-29,31-32,35H,5-9,12-14,19-26,33-34H2,1-4H3. The Hall–Kier alpha value is -3.78. The average Bonchev–Trinajstić information content (AvgIpc) is 3.14. The van der Waals surface area contributed by atoms with Gasteiger partial charge in [-0.1, -0.05) is 61.9 Å². The highest BCUT2D eigenvalue weighted by atomic mass is 15.1. The maximum absolute atomic E-state index is 9.41. The summed E-state index contributed by atoms with van der Waals surface area (Å²) >= 11 is 0. The quantitative estimate of drug-likeness (QED) is 0.124. The molecule has 4 aromatic rings. The normalized spacial score (nSPS) is 17.0. The van der Waals surface area contributed by atoms with E-state index in [9.17, 15) is 5.26 Å². The summed E-state index contributed by atoms with van der Waals surface area (Å²) in [6.45, 7) is 16.6. The van der Waals surface area contributed by atoms with E-state index in [2.05, 4.69) is 97.1 Å². The summed E-state index contributed by atoms with van der Waals surface area (Å²) in [6.07, 6.45) is 18.0. The topological polar surface area (TPSA) is 43.2 Å². The molecule has 0 amide bonds. The molecular formula is C47H60N4. The number of nitriles is 1. The first kappa shape index (κ1) is 37.0. The van der Waals surface area contributed by atoms with Gasteiger partial charge < -0.3 is 4.90 Å². The zero-order valence-corrected chi connectivity index (χ0v) is 31.9. The number of aryl methyl sites for hydroxylation is 6. The maximum Gasteiger partial charge on any atom is 0.101 e. The minimum absolute atomic E-state index is 0.642. The highest BCUT2D eigenvalue weighted by molar-refractivity contribution is 5.72. The second kappa shape index (κ2) is 18.1. The summed E-state index contributed by atoms with van der Waals surface area (Å²) in [4.78, 5) is 9.66. The molecule has 3 heterocycles. The van der Waals surface area contributed by atoms with Crippen molar-refractivity contribution in [2.75, 3.05) is 32.7 Å². The van der Waals surface area contributed by atoms with Gasteiger partial charge >= 0.3 is 0 Å². The molecule has 0 aliphatic carbocycles. The Morgan fingerprint density at radius 2 is 1.37 bits per heavy atom. The third-order valence-electron chi connectivity index (χ3n) is 11.9. The van der Waals surface area contributed by atoms with Gasteiger partial charge in [0.15, 0.2) is 0 Å². The number of likely N-dealkylation sites (tertiary alicyclic amines) is 2. The van der Waals surface area contributed by atoms with Gasteiger partial charge in [0.05, 0.1) is 5.56 Å². The Bertz CT molecular complexity index is 1790. The van der Waals surface area contributed by atoms with Crippen molar-refractivity contribution in [2.45, 2.75) is 111 Å². The lowest BCUT2D eigenvalue weighted by Gasteiger charge is -2.30. The third kappa shape index (κ3) is 9.97. The van der Waals surface area contributed by atoms with Crippen LogP contribution in [0.25, 0.3) is 11.1 Å². The van der Waals surface area contributed by atoms with Gasteiger partial charge in [-0.05, 0) is 191 Å². The van der Waals surface area contributed by atoms with Gasteiger partial charge in [-0.2, -0.15) is 5.26 Å². The molecule has 0 saturated carbocycles. The van der Waals surface area contributed by atoms with Crippen LogP contribution < -0.4 is 0 Å². The Labute approximate surface area is 308 Å². The van der Waals surface area contributed by atoms with Crippen LogP contribution in [0.5, 0.6) is 0 Å². The molecule has 2 fully saturated rings. The van der Waals surface area contributed by atoms with Gasteiger partial charge in [0.1, 0.15) is 6.07 Å². The lowest BCUT2D eigenvalue weighted by Crippen LogP contribution is -2.34. The molecule has 3 aromatic carbocycles. The molecule has 2 aliphatic heterocycles. The first-order valence-corrected chi connectivity index (χ1v) is 19.9. The van der Waals surface area contributed by atoms with Gasteiger partial charge in [-0.15, -0.1) is 0 Å². The van der Waals surface area contributed by atoms with Crippen LogP contribution in [0.1, 0.15) is 108 Å². The third-order valence-corrected chi connectivity index (χ3v) is 11.9. The van der Waals surface area contributed by atoms with E-state index in [0.29, 0.717) is 5.56 Å². The molecule has 4 nitrogen and oxygen atoms in total. The largest absolute Gasteiger partial charge is 0.303 e. The highest BCUT2D eigenvalue weighted by Gasteiger charge is 2.18. The fraction of sp³-hybridized carbons (Fsp3) is 0.489. The van der Waals surface area contributed by atoms with Crippen LogP contribution in [0.4, 0.5) is 0 Å². The number of aromatic nitrogens is 1. The Morgan fingerprint density at radius 3 is 2.10 bits per heavy atom. The summed E-state index contributed by atoms with van der Waals surface area (Å²) in [6, 6.07) is 23.1. The van der Waals surface area contributed by atoms with E-state index in [-0.39, 0.29) is 0 Å².